The van der Waals surface area contributed by atoms with E-state index >= 15 is 0 Å². The van der Waals surface area contributed by atoms with Crippen LogP contribution in [0, 0.1) is 0 Å². The average molecular weight is 222 g/mol. The van der Waals surface area contributed by atoms with Crippen LogP contribution in [0.1, 0.15) is 5.56 Å². The molecule has 0 heterocycles. The van der Waals surface area contributed by atoms with E-state index < -0.39 is 25.0 Å². The Hall–Kier alpha value is -1.08. The third-order valence-electron chi connectivity index (χ3n) is 1.87. The van der Waals surface area contributed by atoms with E-state index in [2.05, 4.69) is 0 Å². The Labute approximate surface area is 83.3 Å². The molecule has 2 nitrogen and oxygen atoms in total. The summed E-state index contributed by atoms with van der Waals surface area (Å²) in [5, 5.41) is 17.3. The van der Waals surface area contributed by atoms with E-state index in [1.54, 1.807) is 0 Å². The van der Waals surface area contributed by atoms with Crippen LogP contribution in [-0.4, -0.2) is 23.6 Å². The molecule has 0 aliphatic rings. The van der Waals surface area contributed by atoms with Gasteiger partial charge < -0.3 is 10.0 Å². The minimum absolute atomic E-state index is 0.0381. The first-order valence-electron chi connectivity index (χ1n) is 3.98. The number of benzene rings is 1. The lowest BCUT2D eigenvalue weighted by Crippen LogP contribution is -2.30. The number of alkyl halides is 4. The summed E-state index contributed by atoms with van der Waals surface area (Å²) in [6, 6.07) is 3.38. The summed E-state index contributed by atoms with van der Waals surface area (Å²) < 4.78 is 49.3. The molecule has 0 aliphatic heterocycles. The lowest BCUT2D eigenvalue weighted by Gasteiger charge is -2.15. The molecule has 82 valence electrons. The molecule has 0 spiro atoms. The van der Waals surface area contributed by atoms with Crippen LogP contribution >= 0.6 is 0 Å². The quantitative estimate of drug-likeness (QED) is 0.584. The first-order valence-corrected chi connectivity index (χ1v) is 3.98. The van der Waals surface area contributed by atoms with Crippen LogP contribution in [0.3, 0.4) is 0 Å². The summed E-state index contributed by atoms with van der Waals surface area (Å²) in [6.45, 7) is 0. The molecule has 0 saturated heterocycles. The molecular formula is C8H7BF4O2. The van der Waals surface area contributed by atoms with Crippen LogP contribution in [-0.2, 0) is 5.92 Å². The maximum atomic E-state index is 12.7. The molecule has 0 fully saturated rings. The van der Waals surface area contributed by atoms with Crippen molar-refractivity contribution in [2.75, 3.05) is 0 Å². The fourth-order valence-corrected chi connectivity index (χ4v) is 1.00. The molecule has 0 atom stereocenters. The topological polar surface area (TPSA) is 40.5 Å². The van der Waals surface area contributed by atoms with Gasteiger partial charge in [-0.3, -0.25) is 0 Å². The SMILES string of the molecule is OB(O)c1ccc(C(F)(F)C(F)F)cc1. The van der Waals surface area contributed by atoms with Crippen LogP contribution in [0.4, 0.5) is 17.6 Å². The minimum atomic E-state index is -4.22. The normalized spacial score (nSPS) is 11.9. The van der Waals surface area contributed by atoms with Crippen LogP contribution in [0.25, 0.3) is 0 Å². The monoisotopic (exact) mass is 222 g/mol. The van der Waals surface area contributed by atoms with Gasteiger partial charge in [-0.05, 0) is 5.46 Å². The van der Waals surface area contributed by atoms with Crippen LogP contribution in [0.2, 0.25) is 0 Å². The summed E-state index contributed by atoms with van der Waals surface area (Å²) >= 11 is 0. The average Bonchev–Trinajstić information content (AvgIpc) is 2.17. The largest absolute Gasteiger partial charge is 0.488 e. The molecule has 0 aliphatic carbocycles. The van der Waals surface area contributed by atoms with Gasteiger partial charge in [-0.1, -0.05) is 24.3 Å². The summed E-state index contributed by atoms with van der Waals surface area (Å²) in [4.78, 5) is 0. The zero-order chi connectivity index (χ0) is 11.6. The van der Waals surface area contributed by atoms with Crippen LogP contribution in [0.5, 0.6) is 0 Å². The second-order valence-corrected chi connectivity index (χ2v) is 2.92. The van der Waals surface area contributed by atoms with Crippen LogP contribution < -0.4 is 5.46 Å². The minimum Gasteiger partial charge on any atom is -0.423 e. The molecule has 15 heavy (non-hydrogen) atoms. The van der Waals surface area contributed by atoms with Gasteiger partial charge in [0.25, 0.3) is 0 Å². The predicted octanol–water partition coefficient (Wildman–Crippen LogP) is 0.723. The lowest BCUT2D eigenvalue weighted by molar-refractivity contribution is -0.135. The molecule has 0 amide bonds. The lowest BCUT2D eigenvalue weighted by atomic mass is 9.80. The van der Waals surface area contributed by atoms with E-state index in [1.807, 2.05) is 0 Å². The Morgan fingerprint density at radius 2 is 1.53 bits per heavy atom. The maximum absolute atomic E-state index is 12.7. The van der Waals surface area contributed by atoms with Crippen molar-refractivity contribution in [3.63, 3.8) is 0 Å². The van der Waals surface area contributed by atoms with Gasteiger partial charge in [0.15, 0.2) is 0 Å². The Kier molecular flexibility index (Phi) is 3.36. The fraction of sp³-hybridized carbons (Fsp3) is 0.250. The molecule has 0 unspecified atom stereocenters. The number of rotatable bonds is 3. The second kappa shape index (κ2) is 4.20. The molecule has 1 aromatic rings. The standard InChI is InChI=1S/C8H7BF4O2/c10-7(11)8(12,13)5-1-3-6(4-2-5)9(14)15/h1-4,7,14-15H. The fourth-order valence-electron chi connectivity index (χ4n) is 1.00. The zero-order valence-electron chi connectivity index (χ0n) is 7.37. The highest BCUT2D eigenvalue weighted by Crippen LogP contribution is 2.33. The van der Waals surface area contributed by atoms with Gasteiger partial charge in [-0.2, -0.15) is 8.78 Å². The number of hydrogen-bond acceptors (Lipinski definition) is 2. The Balaban J connectivity index is 2.98. The van der Waals surface area contributed by atoms with E-state index in [0.717, 1.165) is 24.3 Å². The molecule has 7 heteroatoms. The molecule has 1 aromatic carbocycles. The van der Waals surface area contributed by atoms with Gasteiger partial charge in [0.2, 0.25) is 0 Å². The molecule has 0 radical (unpaired) electrons. The van der Waals surface area contributed by atoms with E-state index in [9.17, 15) is 17.6 Å². The van der Waals surface area contributed by atoms with E-state index in [4.69, 9.17) is 10.0 Å². The van der Waals surface area contributed by atoms with Crippen molar-refractivity contribution in [1.82, 2.24) is 0 Å². The molecule has 0 bridgehead atoms. The van der Waals surface area contributed by atoms with E-state index in [1.165, 1.54) is 0 Å². The number of hydrogen-bond donors (Lipinski definition) is 2. The van der Waals surface area contributed by atoms with Gasteiger partial charge >= 0.3 is 19.5 Å². The summed E-state index contributed by atoms with van der Waals surface area (Å²) in [7, 11) is -1.81. The van der Waals surface area contributed by atoms with Crippen molar-refractivity contribution in [2.45, 2.75) is 12.3 Å². The van der Waals surface area contributed by atoms with Crippen LogP contribution in [0.15, 0.2) is 24.3 Å². The van der Waals surface area contributed by atoms with Crippen molar-refractivity contribution in [3.05, 3.63) is 29.8 Å². The van der Waals surface area contributed by atoms with Gasteiger partial charge in [0.1, 0.15) is 0 Å². The van der Waals surface area contributed by atoms with Gasteiger partial charge in [-0.25, -0.2) is 8.78 Å². The summed E-state index contributed by atoms with van der Waals surface area (Å²) in [5.41, 5.74) is -0.897. The van der Waals surface area contributed by atoms with Crippen molar-refractivity contribution in [3.8, 4) is 0 Å². The zero-order valence-corrected chi connectivity index (χ0v) is 7.37. The molecule has 2 N–H and O–H groups in total. The van der Waals surface area contributed by atoms with E-state index in [0.29, 0.717) is 0 Å². The van der Waals surface area contributed by atoms with Gasteiger partial charge in [0.05, 0.1) is 0 Å². The molecule has 0 saturated carbocycles. The summed E-state index contributed by atoms with van der Waals surface area (Å²) in [5.74, 6) is -4.22. The van der Waals surface area contributed by atoms with E-state index in [-0.39, 0.29) is 5.46 Å². The third-order valence-corrected chi connectivity index (χ3v) is 1.87. The van der Waals surface area contributed by atoms with Crippen molar-refractivity contribution in [1.29, 1.82) is 0 Å². The predicted molar refractivity (Wildman–Crippen MR) is 46.2 cm³/mol. The Morgan fingerprint density at radius 3 is 1.87 bits per heavy atom. The molecular weight excluding hydrogens is 215 g/mol. The summed E-state index contributed by atoms with van der Waals surface area (Å²) in [6.07, 6.45) is -3.79. The molecule has 1 rings (SSSR count). The van der Waals surface area contributed by atoms with Gasteiger partial charge in [0, 0.05) is 5.56 Å². The maximum Gasteiger partial charge on any atom is 0.488 e. The van der Waals surface area contributed by atoms with Crippen molar-refractivity contribution in [2.24, 2.45) is 0 Å². The first kappa shape index (κ1) is 12.0. The van der Waals surface area contributed by atoms with Gasteiger partial charge in [-0.15, -0.1) is 0 Å². The second-order valence-electron chi connectivity index (χ2n) is 2.92. The first-order chi connectivity index (χ1) is 6.85. The highest BCUT2D eigenvalue weighted by Gasteiger charge is 2.42. The Bertz CT molecular complexity index is 326. The highest BCUT2D eigenvalue weighted by molar-refractivity contribution is 6.58. The Morgan fingerprint density at radius 1 is 1.07 bits per heavy atom. The van der Waals surface area contributed by atoms with Crippen molar-refractivity contribution < 1.29 is 27.6 Å². The van der Waals surface area contributed by atoms with Crippen molar-refractivity contribution >= 4 is 12.6 Å². The molecule has 0 aromatic heterocycles. The third kappa shape index (κ3) is 2.48. The smallest absolute Gasteiger partial charge is 0.423 e. The number of halogens is 4. The highest BCUT2D eigenvalue weighted by atomic mass is 19.3.